The van der Waals surface area contributed by atoms with E-state index in [4.69, 9.17) is 4.74 Å². The van der Waals surface area contributed by atoms with E-state index in [9.17, 15) is 33.7 Å². The largest absolute Gasteiger partial charge is 0.394 e. The number of aliphatic hydroxyl groups is 3. The van der Waals surface area contributed by atoms with Gasteiger partial charge >= 0.3 is 0 Å². The number of aliphatic hydroxyl groups excluding tert-OH is 3. The monoisotopic (exact) mass is 507 g/mol. The van der Waals surface area contributed by atoms with Crippen molar-refractivity contribution < 1.29 is 38.4 Å². The molecule has 11 heteroatoms. The van der Waals surface area contributed by atoms with E-state index >= 15 is 0 Å². The van der Waals surface area contributed by atoms with Gasteiger partial charge in [-0.2, -0.15) is 0 Å². The van der Waals surface area contributed by atoms with E-state index in [2.05, 4.69) is 10.3 Å². The SMILES string of the molecule is O=C1NC(=O)c2c1c1c3cc(F)ccc3[nH]c1c1c2c2cc(F)ccc2n1[C@@H]1O[C@H](CO)[C@H](O)C[C@H]1O. The van der Waals surface area contributed by atoms with E-state index in [1.54, 1.807) is 4.57 Å². The molecular formula is C26H19F2N3O6. The standard InChI is InChI=1S/C26H19F2N3O6/c27-9-1-3-13-11(5-9)18-20-21(25(36)30-24(20)35)19-12-6-10(28)2-4-14(12)31(23(19)22(18)29-13)26-16(34)7-15(33)17(8-32)37-26/h1-6,15-17,26,29,32-34H,7-8H2,(H,30,35,36)/t15-,16-,17-,26-/m1/s1. The van der Waals surface area contributed by atoms with Gasteiger partial charge in [-0.15, -0.1) is 0 Å². The number of nitrogens with zero attached hydrogens (tertiary/aromatic N) is 1. The number of carbonyl (C=O) groups excluding carboxylic acids is 2. The summed E-state index contributed by atoms with van der Waals surface area (Å²) in [4.78, 5) is 29.3. The van der Waals surface area contributed by atoms with E-state index in [0.717, 1.165) is 0 Å². The number of benzene rings is 3. The number of halogens is 2. The van der Waals surface area contributed by atoms with Crippen molar-refractivity contribution in [2.75, 3.05) is 6.61 Å². The predicted octanol–water partition coefficient (Wildman–Crippen LogP) is 2.59. The van der Waals surface area contributed by atoms with Gasteiger partial charge in [-0.25, -0.2) is 8.78 Å². The fourth-order valence-electron chi connectivity index (χ4n) is 5.86. The van der Waals surface area contributed by atoms with Gasteiger partial charge in [-0.05, 0) is 36.4 Å². The van der Waals surface area contributed by atoms with Crippen molar-refractivity contribution in [3.8, 4) is 0 Å². The maximum atomic E-state index is 14.5. The lowest BCUT2D eigenvalue weighted by molar-refractivity contribution is -0.203. The smallest absolute Gasteiger partial charge is 0.259 e. The Morgan fingerprint density at radius 1 is 0.946 bits per heavy atom. The molecular weight excluding hydrogens is 488 g/mol. The van der Waals surface area contributed by atoms with Crippen molar-refractivity contribution >= 4 is 55.4 Å². The minimum absolute atomic E-state index is 0.0102. The number of nitrogens with one attached hydrogen (secondary N) is 2. The Morgan fingerprint density at radius 2 is 1.62 bits per heavy atom. The zero-order valence-corrected chi connectivity index (χ0v) is 19.0. The number of hydrogen-bond acceptors (Lipinski definition) is 6. The average molecular weight is 507 g/mol. The third-order valence-electron chi connectivity index (χ3n) is 7.38. The molecule has 2 amide bonds. The van der Waals surface area contributed by atoms with Crippen LogP contribution in [0.1, 0.15) is 33.4 Å². The lowest BCUT2D eigenvalue weighted by Gasteiger charge is -2.37. The lowest BCUT2D eigenvalue weighted by Crippen LogP contribution is -2.46. The second kappa shape index (κ2) is 7.56. The van der Waals surface area contributed by atoms with Gasteiger partial charge in [-0.3, -0.25) is 14.9 Å². The first-order valence-corrected chi connectivity index (χ1v) is 11.7. The molecule has 0 radical (unpaired) electrons. The van der Waals surface area contributed by atoms with Crippen LogP contribution in [0.25, 0.3) is 43.6 Å². The molecule has 0 unspecified atom stereocenters. The molecule has 3 aromatic carbocycles. The molecule has 37 heavy (non-hydrogen) atoms. The molecule has 188 valence electrons. The van der Waals surface area contributed by atoms with Gasteiger partial charge in [0.25, 0.3) is 11.8 Å². The molecule has 1 saturated heterocycles. The first kappa shape index (κ1) is 22.3. The molecule has 4 atom stereocenters. The average Bonchev–Trinajstić information content (AvgIpc) is 3.48. The summed E-state index contributed by atoms with van der Waals surface area (Å²) in [5.41, 5.74) is 1.62. The number of aromatic nitrogens is 2. The lowest BCUT2D eigenvalue weighted by atomic mass is 9.96. The second-order valence-corrected chi connectivity index (χ2v) is 9.47. The molecule has 0 aliphatic carbocycles. The Bertz CT molecular complexity index is 1830. The summed E-state index contributed by atoms with van der Waals surface area (Å²) < 4.78 is 36.4. The Morgan fingerprint density at radius 3 is 2.35 bits per heavy atom. The molecule has 2 aromatic heterocycles. The fourth-order valence-corrected chi connectivity index (χ4v) is 5.86. The number of imide groups is 1. The number of ether oxygens (including phenoxy) is 1. The molecule has 4 heterocycles. The first-order chi connectivity index (χ1) is 17.8. The summed E-state index contributed by atoms with van der Waals surface area (Å²) in [5.74, 6) is -2.47. The van der Waals surface area contributed by atoms with Gasteiger partial charge in [0.1, 0.15) is 23.8 Å². The van der Waals surface area contributed by atoms with Crippen LogP contribution in [0.3, 0.4) is 0 Å². The van der Waals surface area contributed by atoms with Crippen molar-refractivity contribution in [2.24, 2.45) is 0 Å². The predicted molar refractivity (Wildman–Crippen MR) is 128 cm³/mol. The Kier molecular flexibility index (Phi) is 4.56. The summed E-state index contributed by atoms with van der Waals surface area (Å²) in [5, 5.41) is 34.5. The number of amides is 2. The molecule has 2 aliphatic heterocycles. The molecule has 5 aromatic rings. The van der Waals surface area contributed by atoms with Crippen molar-refractivity contribution in [2.45, 2.75) is 31.0 Å². The van der Waals surface area contributed by atoms with Crippen molar-refractivity contribution in [3.63, 3.8) is 0 Å². The van der Waals surface area contributed by atoms with Crippen molar-refractivity contribution in [3.05, 3.63) is 59.2 Å². The summed E-state index contributed by atoms with van der Waals surface area (Å²) in [6, 6.07) is 7.93. The highest BCUT2D eigenvalue weighted by molar-refractivity contribution is 6.39. The normalized spacial score (nSPS) is 24.0. The van der Waals surface area contributed by atoms with Gasteiger partial charge in [0, 0.05) is 33.5 Å². The van der Waals surface area contributed by atoms with Gasteiger partial charge in [0.15, 0.2) is 6.23 Å². The number of carbonyl (C=O) groups is 2. The van der Waals surface area contributed by atoms with Crippen molar-refractivity contribution in [1.82, 2.24) is 14.9 Å². The second-order valence-electron chi connectivity index (χ2n) is 9.47. The maximum absolute atomic E-state index is 14.5. The Balaban J connectivity index is 1.72. The van der Waals surface area contributed by atoms with Crippen LogP contribution >= 0.6 is 0 Å². The number of fused-ring (bicyclic) bond motifs is 10. The Labute approximate surface area is 205 Å². The Hall–Kier alpha value is -3.90. The first-order valence-electron chi connectivity index (χ1n) is 11.7. The minimum atomic E-state index is -1.23. The van der Waals surface area contributed by atoms with E-state index in [0.29, 0.717) is 38.2 Å². The number of rotatable bonds is 2. The molecule has 7 rings (SSSR count). The highest BCUT2D eigenvalue weighted by Gasteiger charge is 2.41. The van der Waals surface area contributed by atoms with E-state index < -0.39 is 54.6 Å². The molecule has 0 saturated carbocycles. The van der Waals surface area contributed by atoms with Gasteiger partial charge < -0.3 is 29.6 Å². The molecule has 0 bridgehead atoms. The zero-order valence-electron chi connectivity index (χ0n) is 19.0. The van der Waals surface area contributed by atoms with Gasteiger partial charge in [-0.1, -0.05) is 0 Å². The third-order valence-corrected chi connectivity index (χ3v) is 7.38. The summed E-state index contributed by atoms with van der Waals surface area (Å²) in [7, 11) is 0. The highest BCUT2D eigenvalue weighted by Crippen LogP contribution is 2.46. The van der Waals surface area contributed by atoms with E-state index in [1.807, 2.05) is 0 Å². The zero-order chi connectivity index (χ0) is 25.7. The molecule has 5 N–H and O–H groups in total. The summed E-state index contributed by atoms with van der Waals surface area (Å²) >= 11 is 0. The topological polar surface area (TPSA) is 137 Å². The molecule has 2 aliphatic rings. The van der Waals surface area contributed by atoms with Crippen LogP contribution in [-0.4, -0.2) is 61.6 Å². The van der Waals surface area contributed by atoms with Crippen LogP contribution < -0.4 is 5.32 Å². The number of H-pyrrole nitrogens is 1. The van der Waals surface area contributed by atoms with Crippen LogP contribution in [0.15, 0.2) is 36.4 Å². The van der Waals surface area contributed by atoms with E-state index in [1.165, 1.54) is 36.4 Å². The van der Waals surface area contributed by atoms with Crippen LogP contribution in [0.4, 0.5) is 8.78 Å². The van der Waals surface area contributed by atoms with Crippen LogP contribution in [0.5, 0.6) is 0 Å². The van der Waals surface area contributed by atoms with Gasteiger partial charge in [0.2, 0.25) is 0 Å². The molecule has 1 fully saturated rings. The number of hydrogen-bond donors (Lipinski definition) is 5. The quantitative estimate of drug-likeness (QED) is 0.233. The maximum Gasteiger partial charge on any atom is 0.259 e. The van der Waals surface area contributed by atoms with Crippen LogP contribution in [-0.2, 0) is 4.74 Å². The van der Waals surface area contributed by atoms with Gasteiger partial charge in [0.05, 0.1) is 40.4 Å². The highest BCUT2D eigenvalue weighted by atomic mass is 19.1. The van der Waals surface area contributed by atoms with Crippen molar-refractivity contribution in [1.29, 1.82) is 0 Å². The minimum Gasteiger partial charge on any atom is -0.394 e. The number of aromatic amines is 1. The molecule has 0 spiro atoms. The van der Waals surface area contributed by atoms with Crippen LogP contribution in [0, 0.1) is 11.6 Å². The fraction of sp³-hybridized carbons (Fsp3) is 0.231. The molecule has 9 nitrogen and oxygen atoms in total. The summed E-state index contributed by atoms with van der Waals surface area (Å²) in [6.07, 6.45) is -4.61. The third kappa shape index (κ3) is 2.90. The van der Waals surface area contributed by atoms with Crippen LogP contribution in [0.2, 0.25) is 0 Å². The van der Waals surface area contributed by atoms with E-state index in [-0.39, 0.29) is 22.9 Å². The summed E-state index contributed by atoms with van der Waals surface area (Å²) in [6.45, 7) is -0.510.